The van der Waals surface area contributed by atoms with Gasteiger partial charge in [-0.05, 0) is 59.4 Å². The van der Waals surface area contributed by atoms with Crippen molar-refractivity contribution < 1.29 is 13.2 Å². The molecule has 1 aromatic heterocycles. The molecule has 31 heavy (non-hydrogen) atoms. The van der Waals surface area contributed by atoms with E-state index in [0.29, 0.717) is 29.3 Å². The number of carbonyl (C=O) groups is 1. The van der Waals surface area contributed by atoms with E-state index in [4.69, 9.17) is 0 Å². The van der Waals surface area contributed by atoms with Crippen molar-refractivity contribution >= 4 is 70.8 Å². The molecule has 0 saturated heterocycles. The summed E-state index contributed by atoms with van der Waals surface area (Å²) in [5.41, 5.74) is 1.24. The fourth-order valence-corrected chi connectivity index (χ4v) is 5.29. The summed E-state index contributed by atoms with van der Waals surface area (Å²) in [6.45, 7) is 7.17. The van der Waals surface area contributed by atoms with Crippen LogP contribution in [-0.4, -0.2) is 56.6 Å². The minimum Gasteiger partial charge on any atom is -0.302 e. The Hall–Kier alpha value is -1.52. The highest BCUT2D eigenvalue weighted by Crippen LogP contribution is 2.32. The maximum atomic E-state index is 13.4. The first kappa shape index (κ1) is 25.7. The summed E-state index contributed by atoms with van der Waals surface area (Å²) in [6.07, 6.45) is 1.18. The maximum absolute atomic E-state index is 13.4. The SMILES string of the molecule is CCN(CC)CCN(C(=O)c1ccccc1Br)c1nc2ccc(S(C)(=O)=O)cc2s1.Cl. The van der Waals surface area contributed by atoms with Crippen molar-refractivity contribution in [3.05, 3.63) is 52.5 Å². The number of hydrogen-bond acceptors (Lipinski definition) is 6. The van der Waals surface area contributed by atoms with Gasteiger partial charge in [-0.1, -0.05) is 37.3 Å². The number of nitrogens with zero attached hydrogens (tertiary/aromatic N) is 3. The summed E-state index contributed by atoms with van der Waals surface area (Å²) in [4.78, 5) is 22.2. The maximum Gasteiger partial charge on any atom is 0.261 e. The van der Waals surface area contributed by atoms with Crippen LogP contribution in [0.5, 0.6) is 0 Å². The third-order valence-corrected chi connectivity index (χ3v) is 7.73. The molecule has 0 radical (unpaired) electrons. The van der Waals surface area contributed by atoms with Crippen molar-refractivity contribution in [2.45, 2.75) is 18.7 Å². The van der Waals surface area contributed by atoms with Crippen molar-refractivity contribution in [3.63, 3.8) is 0 Å². The van der Waals surface area contributed by atoms with Gasteiger partial charge in [-0.2, -0.15) is 0 Å². The Morgan fingerprint density at radius 1 is 1.10 bits per heavy atom. The van der Waals surface area contributed by atoms with Gasteiger partial charge in [0, 0.05) is 23.8 Å². The predicted molar refractivity (Wildman–Crippen MR) is 134 cm³/mol. The van der Waals surface area contributed by atoms with E-state index in [1.807, 2.05) is 18.2 Å². The lowest BCUT2D eigenvalue weighted by molar-refractivity contribution is 0.0983. The number of hydrogen-bond donors (Lipinski definition) is 0. The predicted octanol–water partition coefficient (Wildman–Crippen LogP) is 4.87. The van der Waals surface area contributed by atoms with E-state index in [9.17, 15) is 13.2 Å². The lowest BCUT2D eigenvalue weighted by Gasteiger charge is -2.25. The molecule has 3 rings (SSSR count). The molecule has 3 aromatic rings. The third-order valence-electron chi connectivity index (χ3n) is 4.89. The number of likely N-dealkylation sites (N-methyl/N-ethyl adjacent to an activating group) is 1. The third kappa shape index (κ3) is 6.04. The van der Waals surface area contributed by atoms with Gasteiger partial charge < -0.3 is 4.90 Å². The highest BCUT2D eigenvalue weighted by Gasteiger charge is 2.23. The van der Waals surface area contributed by atoms with Crippen LogP contribution >= 0.6 is 39.7 Å². The number of amides is 1. The summed E-state index contributed by atoms with van der Waals surface area (Å²) in [5, 5.41) is 0.559. The largest absolute Gasteiger partial charge is 0.302 e. The molecule has 0 saturated carbocycles. The standard InChI is InChI=1S/C21H24BrN3O3S2.ClH/c1-4-24(5-2)12-13-25(20(26)16-8-6-7-9-17(16)22)21-23-18-11-10-15(30(3,27)28)14-19(18)29-21;/h6-11,14H,4-5,12-13H2,1-3H3;1H. The molecule has 0 atom stereocenters. The van der Waals surface area contributed by atoms with Crippen molar-refractivity contribution in [3.8, 4) is 0 Å². The average Bonchev–Trinajstić information content (AvgIpc) is 3.13. The van der Waals surface area contributed by atoms with E-state index in [1.165, 1.54) is 17.6 Å². The normalized spacial score (nSPS) is 11.5. The van der Waals surface area contributed by atoms with Crippen LogP contribution in [0.1, 0.15) is 24.2 Å². The van der Waals surface area contributed by atoms with Crippen LogP contribution in [0.15, 0.2) is 51.8 Å². The molecule has 168 valence electrons. The number of carbonyl (C=O) groups excluding carboxylic acids is 1. The molecule has 6 nitrogen and oxygen atoms in total. The van der Waals surface area contributed by atoms with Crippen LogP contribution in [-0.2, 0) is 9.84 Å². The van der Waals surface area contributed by atoms with Gasteiger partial charge in [-0.15, -0.1) is 12.4 Å². The lowest BCUT2D eigenvalue weighted by Crippen LogP contribution is -2.39. The van der Waals surface area contributed by atoms with Crippen LogP contribution in [0.2, 0.25) is 0 Å². The number of sulfone groups is 1. The number of halogens is 2. The highest BCUT2D eigenvalue weighted by atomic mass is 79.9. The Labute approximate surface area is 201 Å². The Morgan fingerprint density at radius 2 is 1.77 bits per heavy atom. The van der Waals surface area contributed by atoms with Gasteiger partial charge in [0.05, 0.1) is 20.7 Å². The van der Waals surface area contributed by atoms with Gasteiger partial charge in [0.25, 0.3) is 5.91 Å². The Kier molecular flexibility index (Phi) is 9.03. The second kappa shape index (κ2) is 10.9. The number of anilines is 1. The molecular weight excluding hydrogens is 522 g/mol. The van der Waals surface area contributed by atoms with Gasteiger partial charge in [0.1, 0.15) is 0 Å². The van der Waals surface area contributed by atoms with Crippen LogP contribution in [0.4, 0.5) is 5.13 Å². The molecule has 0 aliphatic heterocycles. The van der Waals surface area contributed by atoms with Crippen LogP contribution < -0.4 is 4.90 Å². The summed E-state index contributed by atoms with van der Waals surface area (Å²) >= 11 is 4.80. The quantitative estimate of drug-likeness (QED) is 0.403. The number of aromatic nitrogens is 1. The second-order valence-electron chi connectivity index (χ2n) is 6.86. The summed E-state index contributed by atoms with van der Waals surface area (Å²) < 4.78 is 25.3. The van der Waals surface area contributed by atoms with E-state index in [1.54, 1.807) is 29.2 Å². The average molecular weight is 547 g/mol. The van der Waals surface area contributed by atoms with Crippen LogP contribution in [0.25, 0.3) is 10.2 Å². The Bertz CT molecular complexity index is 1160. The molecule has 10 heteroatoms. The summed E-state index contributed by atoms with van der Waals surface area (Å²) in [5.74, 6) is -0.142. The minimum atomic E-state index is -3.31. The summed E-state index contributed by atoms with van der Waals surface area (Å²) in [7, 11) is -3.31. The first-order valence-corrected chi connectivity index (χ1v) is 13.1. The van der Waals surface area contributed by atoms with E-state index < -0.39 is 9.84 Å². The number of fused-ring (bicyclic) bond motifs is 1. The number of benzene rings is 2. The van der Waals surface area contributed by atoms with Crippen molar-refractivity contribution in [1.82, 2.24) is 9.88 Å². The molecule has 0 spiro atoms. The molecular formula is C21H25BrClN3O3S2. The Morgan fingerprint density at radius 3 is 2.39 bits per heavy atom. The molecule has 0 bridgehead atoms. The molecule has 0 aliphatic carbocycles. The molecule has 0 N–H and O–H groups in total. The van der Waals surface area contributed by atoms with Gasteiger partial charge >= 0.3 is 0 Å². The summed E-state index contributed by atoms with van der Waals surface area (Å²) in [6, 6.07) is 12.2. The Balaban J connectivity index is 0.00000341. The van der Waals surface area contributed by atoms with Gasteiger partial charge in [-0.3, -0.25) is 9.69 Å². The highest BCUT2D eigenvalue weighted by molar-refractivity contribution is 9.10. The monoisotopic (exact) mass is 545 g/mol. The topological polar surface area (TPSA) is 70.6 Å². The lowest BCUT2D eigenvalue weighted by atomic mass is 10.2. The molecule has 0 unspecified atom stereocenters. The first-order chi connectivity index (χ1) is 14.2. The molecule has 0 fully saturated rings. The van der Waals surface area contributed by atoms with E-state index >= 15 is 0 Å². The zero-order valence-electron chi connectivity index (χ0n) is 17.5. The molecule has 2 aromatic carbocycles. The van der Waals surface area contributed by atoms with Crippen molar-refractivity contribution in [2.75, 3.05) is 37.3 Å². The van der Waals surface area contributed by atoms with Crippen LogP contribution in [0, 0.1) is 0 Å². The minimum absolute atomic E-state index is 0. The molecule has 1 amide bonds. The second-order valence-corrected chi connectivity index (χ2v) is 10.7. The molecule has 1 heterocycles. The van der Waals surface area contributed by atoms with Crippen molar-refractivity contribution in [2.24, 2.45) is 0 Å². The molecule has 0 aliphatic rings. The zero-order chi connectivity index (χ0) is 21.9. The van der Waals surface area contributed by atoms with E-state index in [-0.39, 0.29) is 23.2 Å². The number of rotatable bonds is 8. The van der Waals surface area contributed by atoms with Gasteiger partial charge in [-0.25, -0.2) is 13.4 Å². The fourth-order valence-electron chi connectivity index (χ4n) is 3.08. The first-order valence-electron chi connectivity index (χ1n) is 9.64. The zero-order valence-corrected chi connectivity index (χ0v) is 21.6. The van der Waals surface area contributed by atoms with E-state index in [2.05, 4.69) is 39.7 Å². The van der Waals surface area contributed by atoms with Gasteiger partial charge in [0.2, 0.25) is 0 Å². The smallest absolute Gasteiger partial charge is 0.261 e. The van der Waals surface area contributed by atoms with Crippen molar-refractivity contribution in [1.29, 1.82) is 0 Å². The number of thiazole rings is 1. The van der Waals surface area contributed by atoms with Crippen LogP contribution in [0.3, 0.4) is 0 Å². The van der Waals surface area contributed by atoms with Gasteiger partial charge in [0.15, 0.2) is 15.0 Å². The van der Waals surface area contributed by atoms with E-state index in [0.717, 1.165) is 22.3 Å². The fraction of sp³-hybridized carbons (Fsp3) is 0.333.